The summed E-state index contributed by atoms with van der Waals surface area (Å²) in [5, 5.41) is 0. The van der Waals surface area contributed by atoms with E-state index in [4.69, 9.17) is 9.47 Å². The van der Waals surface area contributed by atoms with Crippen molar-refractivity contribution in [3.8, 4) is 0 Å². The van der Waals surface area contributed by atoms with Gasteiger partial charge in [-0.15, -0.1) is 0 Å². The Morgan fingerprint density at radius 3 is 2.52 bits per heavy atom. The molecule has 2 aromatic carbocycles. The highest BCUT2D eigenvalue weighted by molar-refractivity contribution is 7.89. The molecule has 1 heterocycles. The van der Waals surface area contributed by atoms with Crippen molar-refractivity contribution < 1.29 is 22.7 Å². The lowest BCUT2D eigenvalue weighted by molar-refractivity contribution is 0.0472. The van der Waals surface area contributed by atoms with Gasteiger partial charge in [-0.25, -0.2) is 13.2 Å². The van der Waals surface area contributed by atoms with E-state index in [9.17, 15) is 13.2 Å². The van der Waals surface area contributed by atoms with E-state index in [0.717, 1.165) is 11.1 Å². The van der Waals surface area contributed by atoms with Crippen molar-refractivity contribution in [2.45, 2.75) is 25.3 Å². The minimum Gasteiger partial charge on any atom is -0.457 e. The Morgan fingerprint density at radius 1 is 1.07 bits per heavy atom. The Balaban J connectivity index is 1.70. The van der Waals surface area contributed by atoms with Crippen LogP contribution in [0.2, 0.25) is 0 Å². The predicted molar refractivity (Wildman–Crippen MR) is 101 cm³/mol. The number of morpholine rings is 1. The Morgan fingerprint density at radius 2 is 1.81 bits per heavy atom. The summed E-state index contributed by atoms with van der Waals surface area (Å²) < 4.78 is 37.4. The minimum atomic E-state index is -3.57. The second kappa shape index (κ2) is 8.21. The fourth-order valence-electron chi connectivity index (χ4n) is 2.83. The third kappa shape index (κ3) is 4.55. The van der Waals surface area contributed by atoms with Crippen LogP contribution >= 0.6 is 0 Å². The molecule has 1 fully saturated rings. The summed E-state index contributed by atoms with van der Waals surface area (Å²) in [5.41, 5.74) is 3.23. The topological polar surface area (TPSA) is 72.9 Å². The quantitative estimate of drug-likeness (QED) is 0.735. The maximum Gasteiger partial charge on any atom is 0.338 e. The molecule has 1 aliphatic heterocycles. The van der Waals surface area contributed by atoms with Gasteiger partial charge in [-0.3, -0.25) is 0 Å². The van der Waals surface area contributed by atoms with Crippen molar-refractivity contribution in [1.29, 1.82) is 0 Å². The van der Waals surface area contributed by atoms with E-state index >= 15 is 0 Å². The van der Waals surface area contributed by atoms with Gasteiger partial charge in [-0.1, -0.05) is 18.2 Å². The first-order valence-electron chi connectivity index (χ1n) is 8.79. The number of nitrogens with zero attached hydrogens (tertiary/aromatic N) is 1. The second-order valence-electron chi connectivity index (χ2n) is 6.54. The lowest BCUT2D eigenvalue weighted by Crippen LogP contribution is -2.40. The standard InChI is InChI=1S/C20H23NO5S/c1-15-6-7-18(12-16(15)2)20(22)26-14-17-4-3-5-19(13-17)27(23,24)21-8-10-25-11-9-21/h3-7,12-13H,8-11,14H2,1-2H3. The molecule has 0 N–H and O–H groups in total. The van der Waals surface area contributed by atoms with Gasteiger partial charge in [0.1, 0.15) is 6.61 Å². The monoisotopic (exact) mass is 389 g/mol. The minimum absolute atomic E-state index is 0.0121. The zero-order valence-electron chi connectivity index (χ0n) is 15.5. The highest BCUT2D eigenvalue weighted by Crippen LogP contribution is 2.19. The molecule has 27 heavy (non-hydrogen) atoms. The number of carbonyl (C=O) groups excluding carboxylic acids is 1. The molecule has 0 atom stereocenters. The second-order valence-corrected chi connectivity index (χ2v) is 8.48. The SMILES string of the molecule is Cc1ccc(C(=O)OCc2cccc(S(=O)(=O)N3CCOCC3)c2)cc1C. The third-order valence-corrected chi connectivity index (χ3v) is 6.51. The number of rotatable bonds is 5. The molecule has 0 aliphatic carbocycles. The molecule has 6 nitrogen and oxygen atoms in total. The van der Waals surface area contributed by atoms with E-state index in [0.29, 0.717) is 37.4 Å². The van der Waals surface area contributed by atoms with Gasteiger partial charge in [0.05, 0.1) is 23.7 Å². The van der Waals surface area contributed by atoms with Crippen LogP contribution < -0.4 is 0 Å². The summed E-state index contributed by atoms with van der Waals surface area (Å²) in [4.78, 5) is 12.4. The van der Waals surface area contributed by atoms with Gasteiger partial charge >= 0.3 is 5.97 Å². The van der Waals surface area contributed by atoms with Crippen LogP contribution in [0.3, 0.4) is 0 Å². The van der Waals surface area contributed by atoms with Crippen LogP contribution in [-0.4, -0.2) is 45.0 Å². The first kappa shape index (κ1) is 19.5. The molecule has 3 rings (SSSR count). The fourth-order valence-corrected chi connectivity index (χ4v) is 4.31. The smallest absolute Gasteiger partial charge is 0.338 e. The van der Waals surface area contributed by atoms with Gasteiger partial charge in [-0.2, -0.15) is 4.31 Å². The number of benzene rings is 2. The summed E-state index contributed by atoms with van der Waals surface area (Å²) in [7, 11) is -3.57. The average Bonchev–Trinajstić information content (AvgIpc) is 2.69. The fraction of sp³-hybridized carbons (Fsp3) is 0.350. The van der Waals surface area contributed by atoms with Crippen LogP contribution in [0, 0.1) is 13.8 Å². The zero-order chi connectivity index (χ0) is 19.4. The highest BCUT2D eigenvalue weighted by atomic mass is 32.2. The molecule has 0 aromatic heterocycles. The Bertz CT molecular complexity index is 933. The van der Waals surface area contributed by atoms with Crippen LogP contribution in [0.15, 0.2) is 47.4 Å². The van der Waals surface area contributed by atoms with Gasteiger partial charge in [0, 0.05) is 13.1 Å². The van der Waals surface area contributed by atoms with Crippen LogP contribution in [0.5, 0.6) is 0 Å². The first-order chi connectivity index (χ1) is 12.9. The lowest BCUT2D eigenvalue weighted by Gasteiger charge is -2.26. The number of sulfonamides is 1. The Hall–Kier alpha value is -2.22. The van der Waals surface area contributed by atoms with Crippen LogP contribution in [0.25, 0.3) is 0 Å². The summed E-state index contributed by atoms with van der Waals surface area (Å²) in [6.45, 7) is 5.40. The number of ether oxygens (including phenoxy) is 2. The van der Waals surface area contributed by atoms with Crippen LogP contribution in [-0.2, 0) is 26.1 Å². The number of carbonyl (C=O) groups is 1. The van der Waals surface area contributed by atoms with E-state index in [1.165, 1.54) is 4.31 Å². The van der Waals surface area contributed by atoms with Gasteiger partial charge in [0.25, 0.3) is 0 Å². The van der Waals surface area contributed by atoms with E-state index in [-0.39, 0.29) is 11.5 Å². The third-order valence-electron chi connectivity index (χ3n) is 4.62. The molecule has 144 valence electrons. The normalized spacial score (nSPS) is 15.5. The molecule has 0 bridgehead atoms. The molecule has 0 saturated carbocycles. The Kier molecular flexibility index (Phi) is 5.94. The van der Waals surface area contributed by atoms with Crippen molar-refractivity contribution in [3.63, 3.8) is 0 Å². The predicted octanol–water partition coefficient (Wildman–Crippen LogP) is 2.68. The van der Waals surface area contributed by atoms with Crippen LogP contribution in [0.4, 0.5) is 0 Å². The molecule has 0 spiro atoms. The van der Waals surface area contributed by atoms with Crippen molar-refractivity contribution in [3.05, 3.63) is 64.7 Å². The summed E-state index contributed by atoms with van der Waals surface area (Å²) in [5.74, 6) is -0.431. The molecule has 0 unspecified atom stereocenters. The van der Waals surface area contributed by atoms with Gasteiger partial charge < -0.3 is 9.47 Å². The maximum atomic E-state index is 12.7. The molecule has 0 radical (unpaired) electrons. The Labute approximate surface area is 159 Å². The van der Waals surface area contributed by atoms with E-state index in [1.54, 1.807) is 36.4 Å². The van der Waals surface area contributed by atoms with E-state index in [1.807, 2.05) is 19.9 Å². The van der Waals surface area contributed by atoms with Crippen LogP contribution in [0.1, 0.15) is 27.0 Å². The largest absolute Gasteiger partial charge is 0.457 e. The van der Waals surface area contributed by atoms with Crippen molar-refractivity contribution >= 4 is 16.0 Å². The highest BCUT2D eigenvalue weighted by Gasteiger charge is 2.26. The lowest BCUT2D eigenvalue weighted by atomic mass is 10.1. The maximum absolute atomic E-state index is 12.7. The van der Waals surface area contributed by atoms with E-state index < -0.39 is 16.0 Å². The zero-order valence-corrected chi connectivity index (χ0v) is 16.3. The van der Waals surface area contributed by atoms with Crippen molar-refractivity contribution in [2.75, 3.05) is 26.3 Å². The number of hydrogen-bond acceptors (Lipinski definition) is 5. The summed E-state index contributed by atoms with van der Waals surface area (Å²) in [6, 6.07) is 11.9. The van der Waals surface area contributed by atoms with Gasteiger partial charge in [0.2, 0.25) is 10.0 Å². The summed E-state index contributed by atoms with van der Waals surface area (Å²) in [6.07, 6.45) is 0. The average molecular weight is 389 g/mol. The van der Waals surface area contributed by atoms with Gasteiger partial charge in [-0.05, 0) is 54.8 Å². The molecular formula is C20H23NO5S. The van der Waals surface area contributed by atoms with Crippen molar-refractivity contribution in [2.24, 2.45) is 0 Å². The first-order valence-corrected chi connectivity index (χ1v) is 10.2. The van der Waals surface area contributed by atoms with E-state index in [2.05, 4.69) is 0 Å². The molecule has 2 aromatic rings. The number of hydrogen-bond donors (Lipinski definition) is 0. The molecule has 7 heteroatoms. The molecule has 1 saturated heterocycles. The van der Waals surface area contributed by atoms with Gasteiger partial charge in [0.15, 0.2) is 0 Å². The molecule has 1 aliphatic rings. The number of esters is 1. The molecule has 0 amide bonds. The number of aryl methyl sites for hydroxylation is 2. The molecular weight excluding hydrogens is 366 g/mol. The van der Waals surface area contributed by atoms with Crippen molar-refractivity contribution in [1.82, 2.24) is 4.31 Å². The summed E-state index contributed by atoms with van der Waals surface area (Å²) >= 11 is 0.